The largest absolute Gasteiger partial charge is 0.506 e. The summed E-state index contributed by atoms with van der Waals surface area (Å²) in [6.07, 6.45) is -13.9. The number of rotatable bonds is 6. The Kier molecular flexibility index (Phi) is 7.42. The number of ether oxygens (including phenoxy) is 4. The lowest BCUT2D eigenvalue weighted by atomic mass is 9.99. The van der Waals surface area contributed by atoms with Gasteiger partial charge in [-0.3, -0.25) is 0 Å². The molecule has 35 heavy (non-hydrogen) atoms. The molecule has 8 N–H and O–H groups in total. The molecule has 2 heterocycles. The van der Waals surface area contributed by atoms with Crippen molar-refractivity contribution in [3.05, 3.63) is 35.9 Å². The lowest BCUT2D eigenvalue weighted by molar-refractivity contribution is -0.307. The number of aromatic carboxylic acids is 1. The Labute approximate surface area is 197 Å². The maximum Gasteiger partial charge on any atom is 0.339 e. The first-order valence-corrected chi connectivity index (χ1v) is 10.7. The molecule has 0 aromatic heterocycles. The predicted octanol–water partition coefficient (Wildman–Crippen LogP) is -2.11. The molecular formula is C22H26O13. The van der Waals surface area contributed by atoms with Gasteiger partial charge in [0.1, 0.15) is 59.8 Å². The number of fused-ring (bicyclic) bond motifs is 1. The summed E-state index contributed by atoms with van der Waals surface area (Å²) in [7, 11) is 0. The number of carboxylic acids is 1. The number of hydrogen-bond donors (Lipinski definition) is 8. The quantitative estimate of drug-likeness (QED) is 0.214. The summed E-state index contributed by atoms with van der Waals surface area (Å²) in [5, 5.41) is 80.5. The van der Waals surface area contributed by atoms with Crippen LogP contribution >= 0.6 is 0 Å². The lowest BCUT2D eigenvalue weighted by Gasteiger charge is -2.41. The van der Waals surface area contributed by atoms with E-state index in [0.29, 0.717) is 5.39 Å². The Morgan fingerprint density at radius 2 is 1.57 bits per heavy atom. The molecule has 9 unspecified atom stereocenters. The maximum atomic E-state index is 11.6. The molecule has 2 fully saturated rings. The van der Waals surface area contributed by atoms with Crippen molar-refractivity contribution >= 4 is 16.7 Å². The molecule has 192 valence electrons. The van der Waals surface area contributed by atoms with Crippen molar-refractivity contribution in [2.45, 2.75) is 55.3 Å². The summed E-state index contributed by atoms with van der Waals surface area (Å²) < 4.78 is 21.7. The minimum atomic E-state index is -1.76. The molecule has 2 saturated heterocycles. The van der Waals surface area contributed by atoms with Gasteiger partial charge in [-0.25, -0.2) is 4.79 Å². The van der Waals surface area contributed by atoms with Gasteiger partial charge in [0, 0.05) is 10.8 Å². The van der Waals surface area contributed by atoms with Crippen molar-refractivity contribution in [3.63, 3.8) is 0 Å². The van der Waals surface area contributed by atoms with E-state index in [9.17, 15) is 45.6 Å². The van der Waals surface area contributed by atoms with Crippen LogP contribution in [-0.4, -0.2) is 115 Å². The van der Waals surface area contributed by atoms with Gasteiger partial charge in [-0.15, -0.1) is 0 Å². The molecule has 2 aromatic carbocycles. The summed E-state index contributed by atoms with van der Waals surface area (Å²) in [4.78, 5) is 11.6. The van der Waals surface area contributed by atoms with Gasteiger partial charge in [-0.05, 0) is 6.07 Å². The highest BCUT2D eigenvalue weighted by atomic mass is 16.7. The highest BCUT2D eigenvalue weighted by molar-refractivity contribution is 6.03. The molecule has 0 bridgehead atoms. The van der Waals surface area contributed by atoms with Crippen LogP contribution in [0, 0.1) is 0 Å². The summed E-state index contributed by atoms with van der Waals surface area (Å²) in [6.45, 7) is -0.796. The van der Waals surface area contributed by atoms with E-state index in [4.69, 9.17) is 18.9 Å². The molecule has 0 aliphatic carbocycles. The van der Waals surface area contributed by atoms with Crippen LogP contribution in [0.1, 0.15) is 10.4 Å². The van der Waals surface area contributed by atoms with Crippen LogP contribution in [-0.2, 0) is 14.2 Å². The van der Waals surface area contributed by atoms with Crippen molar-refractivity contribution in [2.75, 3.05) is 13.2 Å². The molecule has 9 atom stereocenters. The van der Waals surface area contributed by atoms with Crippen LogP contribution in [0.3, 0.4) is 0 Å². The van der Waals surface area contributed by atoms with E-state index in [1.807, 2.05) is 0 Å². The average molecular weight is 498 g/mol. The second-order valence-electron chi connectivity index (χ2n) is 8.34. The zero-order valence-electron chi connectivity index (χ0n) is 18.1. The summed E-state index contributed by atoms with van der Waals surface area (Å²) in [5.41, 5.74) is -0.464. The highest BCUT2D eigenvalue weighted by Gasteiger charge is 2.46. The van der Waals surface area contributed by atoms with Crippen LogP contribution in [0.15, 0.2) is 30.3 Å². The average Bonchev–Trinajstić information content (AvgIpc) is 2.84. The van der Waals surface area contributed by atoms with Crippen molar-refractivity contribution in [1.82, 2.24) is 0 Å². The number of benzene rings is 2. The van der Waals surface area contributed by atoms with Crippen LogP contribution < -0.4 is 4.74 Å². The molecule has 2 aliphatic rings. The number of carbonyl (C=O) groups is 1. The van der Waals surface area contributed by atoms with Gasteiger partial charge in [0.15, 0.2) is 6.29 Å². The fraction of sp³-hybridized carbons (Fsp3) is 0.500. The zero-order valence-corrected chi connectivity index (χ0v) is 18.1. The molecular weight excluding hydrogens is 472 g/mol. The predicted molar refractivity (Wildman–Crippen MR) is 114 cm³/mol. The number of carboxylic acid groups (broad SMARTS) is 1. The molecule has 13 heteroatoms. The molecule has 0 spiro atoms. The van der Waals surface area contributed by atoms with Crippen molar-refractivity contribution in [1.29, 1.82) is 0 Å². The number of aliphatic hydroxyl groups excluding tert-OH is 6. The molecule has 0 radical (unpaired) electrons. The van der Waals surface area contributed by atoms with Gasteiger partial charge in [0.05, 0.1) is 13.2 Å². The summed E-state index contributed by atoms with van der Waals surface area (Å²) in [5.74, 6) is -1.99. The van der Waals surface area contributed by atoms with E-state index in [0.717, 1.165) is 6.07 Å². The first-order chi connectivity index (χ1) is 16.6. The van der Waals surface area contributed by atoms with Crippen LogP contribution in [0.5, 0.6) is 11.5 Å². The normalized spacial score (nSPS) is 35.7. The second kappa shape index (κ2) is 10.2. The zero-order chi connectivity index (χ0) is 25.4. The van der Waals surface area contributed by atoms with Crippen molar-refractivity contribution in [2.24, 2.45) is 0 Å². The fourth-order valence-corrected chi connectivity index (χ4v) is 3.98. The van der Waals surface area contributed by atoms with Crippen LogP contribution in [0.2, 0.25) is 0 Å². The van der Waals surface area contributed by atoms with E-state index in [-0.39, 0.29) is 17.7 Å². The minimum absolute atomic E-state index is 0.0775. The Hall–Kier alpha value is -2.59. The first-order valence-electron chi connectivity index (χ1n) is 10.7. The Morgan fingerprint density at radius 3 is 2.26 bits per heavy atom. The van der Waals surface area contributed by atoms with Crippen molar-refractivity contribution in [3.8, 4) is 11.5 Å². The van der Waals surface area contributed by atoms with Crippen molar-refractivity contribution < 1.29 is 64.6 Å². The number of aromatic hydroxyl groups is 1. The van der Waals surface area contributed by atoms with E-state index in [1.165, 1.54) is 6.07 Å². The number of aliphatic hydroxyl groups is 6. The number of phenols is 1. The van der Waals surface area contributed by atoms with E-state index >= 15 is 0 Å². The second-order valence-corrected chi connectivity index (χ2v) is 8.34. The maximum absolute atomic E-state index is 11.6. The van der Waals surface area contributed by atoms with Gasteiger partial charge in [0.25, 0.3) is 0 Å². The summed E-state index contributed by atoms with van der Waals surface area (Å²) >= 11 is 0. The topological polar surface area (TPSA) is 216 Å². The fourth-order valence-electron chi connectivity index (χ4n) is 3.98. The lowest BCUT2D eigenvalue weighted by Crippen LogP contribution is -2.61. The van der Waals surface area contributed by atoms with Gasteiger partial charge < -0.3 is 59.8 Å². The third-order valence-electron chi connectivity index (χ3n) is 6.00. The SMILES string of the molecule is O=C(O)c1cc(OC2OC(COC3OCC(O)C(O)C3O)C(O)C(O)C2O)c2ccccc2c1O. The Morgan fingerprint density at radius 1 is 0.914 bits per heavy atom. The van der Waals surface area contributed by atoms with Gasteiger partial charge >= 0.3 is 5.97 Å². The standard InChI is InChI=1S/C22H26O13/c23-11-6-32-21(18(28)15(11)25)33-7-13-16(26)17(27)19(29)22(35-13)34-12-5-10(20(30)31)14(24)9-4-2-1-3-8(9)12/h1-5,11,13,15-19,21-29H,6-7H2,(H,30,31). The summed E-state index contributed by atoms with van der Waals surface area (Å²) in [6, 6.07) is 7.24. The van der Waals surface area contributed by atoms with E-state index in [1.54, 1.807) is 18.2 Å². The van der Waals surface area contributed by atoms with E-state index < -0.39 is 79.2 Å². The third-order valence-corrected chi connectivity index (χ3v) is 6.00. The Balaban J connectivity index is 1.54. The van der Waals surface area contributed by atoms with Gasteiger partial charge in [0.2, 0.25) is 6.29 Å². The van der Waals surface area contributed by atoms with Gasteiger partial charge in [-0.1, -0.05) is 24.3 Å². The highest BCUT2D eigenvalue weighted by Crippen LogP contribution is 2.37. The van der Waals surface area contributed by atoms with Crippen LogP contribution in [0.4, 0.5) is 0 Å². The molecule has 0 amide bonds. The minimum Gasteiger partial charge on any atom is -0.506 e. The smallest absolute Gasteiger partial charge is 0.339 e. The monoisotopic (exact) mass is 498 g/mol. The third kappa shape index (κ3) is 4.91. The molecule has 2 aromatic rings. The van der Waals surface area contributed by atoms with Crippen LogP contribution in [0.25, 0.3) is 10.8 Å². The molecule has 0 saturated carbocycles. The number of hydrogen-bond acceptors (Lipinski definition) is 12. The van der Waals surface area contributed by atoms with E-state index in [2.05, 4.69) is 0 Å². The molecule has 13 nitrogen and oxygen atoms in total. The van der Waals surface area contributed by atoms with Gasteiger partial charge in [-0.2, -0.15) is 0 Å². The molecule has 4 rings (SSSR count). The first kappa shape index (κ1) is 25.5. The Bertz CT molecular complexity index is 1060. The molecule has 2 aliphatic heterocycles.